The van der Waals surface area contributed by atoms with Crippen molar-refractivity contribution < 1.29 is 4.79 Å². The topological polar surface area (TPSA) is 45.2 Å². The van der Waals surface area contributed by atoms with Gasteiger partial charge in [-0.3, -0.25) is 9.78 Å². The Hall–Kier alpha value is -2.36. The van der Waals surface area contributed by atoms with Gasteiger partial charge in [-0.05, 0) is 44.0 Å². The molecule has 1 aliphatic rings. The molecule has 3 rings (SSSR count). The van der Waals surface area contributed by atoms with Crippen molar-refractivity contribution in [3.8, 4) is 0 Å². The standard InChI is InChI=1S/C18H21N3O/c1-14-2-4-16(5-3-14)20-17-8-12-21(13-9-17)18(22)15-6-10-19-11-7-15/h2-7,10-11,17,20H,8-9,12-13H2,1H3. The van der Waals surface area contributed by atoms with Gasteiger partial charge in [0.05, 0.1) is 0 Å². The highest BCUT2D eigenvalue weighted by Gasteiger charge is 2.23. The number of amides is 1. The predicted octanol–water partition coefficient (Wildman–Crippen LogP) is 3.11. The van der Waals surface area contributed by atoms with Crippen molar-refractivity contribution in [1.82, 2.24) is 9.88 Å². The number of benzene rings is 1. The van der Waals surface area contributed by atoms with Gasteiger partial charge in [-0.2, -0.15) is 0 Å². The van der Waals surface area contributed by atoms with Crippen LogP contribution < -0.4 is 5.32 Å². The van der Waals surface area contributed by atoms with Crippen LogP contribution >= 0.6 is 0 Å². The van der Waals surface area contributed by atoms with E-state index >= 15 is 0 Å². The average molecular weight is 295 g/mol. The summed E-state index contributed by atoms with van der Waals surface area (Å²) in [5, 5.41) is 3.56. The number of aryl methyl sites for hydroxylation is 1. The molecule has 1 fully saturated rings. The van der Waals surface area contributed by atoms with Crippen molar-refractivity contribution in [2.75, 3.05) is 18.4 Å². The lowest BCUT2D eigenvalue weighted by molar-refractivity contribution is 0.0718. The summed E-state index contributed by atoms with van der Waals surface area (Å²) >= 11 is 0. The lowest BCUT2D eigenvalue weighted by atomic mass is 10.0. The van der Waals surface area contributed by atoms with E-state index in [0.29, 0.717) is 6.04 Å². The van der Waals surface area contributed by atoms with Gasteiger partial charge in [0, 0.05) is 42.8 Å². The van der Waals surface area contributed by atoms with Crippen LogP contribution in [0.25, 0.3) is 0 Å². The third-order valence-electron chi connectivity index (χ3n) is 4.13. The minimum Gasteiger partial charge on any atom is -0.382 e. The fourth-order valence-corrected chi connectivity index (χ4v) is 2.79. The van der Waals surface area contributed by atoms with Crippen LogP contribution in [-0.4, -0.2) is 34.9 Å². The van der Waals surface area contributed by atoms with Crippen LogP contribution in [0.5, 0.6) is 0 Å². The first-order valence-corrected chi connectivity index (χ1v) is 7.75. The molecule has 4 nitrogen and oxygen atoms in total. The number of nitrogens with one attached hydrogen (secondary N) is 1. The number of rotatable bonds is 3. The lowest BCUT2D eigenvalue weighted by Gasteiger charge is -2.33. The Balaban J connectivity index is 1.54. The van der Waals surface area contributed by atoms with Crippen LogP contribution in [0.3, 0.4) is 0 Å². The Morgan fingerprint density at radius 2 is 1.73 bits per heavy atom. The van der Waals surface area contributed by atoms with Crippen molar-refractivity contribution in [2.45, 2.75) is 25.8 Å². The molecule has 1 N–H and O–H groups in total. The second-order valence-electron chi connectivity index (χ2n) is 5.81. The fraction of sp³-hybridized carbons (Fsp3) is 0.333. The van der Waals surface area contributed by atoms with Gasteiger partial charge in [0.25, 0.3) is 5.91 Å². The quantitative estimate of drug-likeness (QED) is 0.946. The van der Waals surface area contributed by atoms with Crippen LogP contribution in [0, 0.1) is 6.92 Å². The smallest absolute Gasteiger partial charge is 0.253 e. The summed E-state index contributed by atoms with van der Waals surface area (Å²) in [6.45, 7) is 3.68. The third-order valence-corrected chi connectivity index (χ3v) is 4.13. The number of anilines is 1. The minimum absolute atomic E-state index is 0.108. The molecule has 0 aliphatic carbocycles. The van der Waals surface area contributed by atoms with Gasteiger partial charge in [-0.25, -0.2) is 0 Å². The van der Waals surface area contributed by atoms with Crippen molar-refractivity contribution in [1.29, 1.82) is 0 Å². The molecule has 0 spiro atoms. The van der Waals surface area contributed by atoms with Crippen molar-refractivity contribution in [3.05, 3.63) is 59.9 Å². The molecule has 0 bridgehead atoms. The number of likely N-dealkylation sites (tertiary alicyclic amines) is 1. The van der Waals surface area contributed by atoms with E-state index in [1.165, 1.54) is 5.56 Å². The number of carbonyl (C=O) groups is 1. The Kier molecular flexibility index (Phi) is 4.37. The molecule has 0 radical (unpaired) electrons. The zero-order chi connectivity index (χ0) is 15.4. The van der Waals surface area contributed by atoms with E-state index in [9.17, 15) is 4.79 Å². The zero-order valence-electron chi connectivity index (χ0n) is 12.8. The summed E-state index contributed by atoms with van der Waals surface area (Å²) in [6, 6.07) is 12.4. The van der Waals surface area contributed by atoms with Crippen LogP contribution in [0.2, 0.25) is 0 Å². The van der Waals surface area contributed by atoms with Gasteiger partial charge in [-0.1, -0.05) is 17.7 Å². The van der Waals surface area contributed by atoms with Crippen LogP contribution in [0.1, 0.15) is 28.8 Å². The molecule has 0 atom stereocenters. The largest absolute Gasteiger partial charge is 0.382 e. The molecule has 0 unspecified atom stereocenters. The molecular weight excluding hydrogens is 274 g/mol. The van der Waals surface area contributed by atoms with E-state index in [1.54, 1.807) is 24.5 Å². The molecule has 114 valence electrons. The van der Waals surface area contributed by atoms with Gasteiger partial charge in [-0.15, -0.1) is 0 Å². The first-order chi connectivity index (χ1) is 10.7. The maximum atomic E-state index is 12.4. The van der Waals surface area contributed by atoms with Gasteiger partial charge in [0.15, 0.2) is 0 Å². The molecule has 1 amide bonds. The Morgan fingerprint density at radius 1 is 1.09 bits per heavy atom. The van der Waals surface area contributed by atoms with Crippen LogP contribution in [0.15, 0.2) is 48.8 Å². The molecule has 1 aliphatic heterocycles. The number of pyridine rings is 1. The van der Waals surface area contributed by atoms with Crippen molar-refractivity contribution >= 4 is 11.6 Å². The number of hydrogen-bond acceptors (Lipinski definition) is 3. The van der Waals surface area contributed by atoms with E-state index < -0.39 is 0 Å². The summed E-state index contributed by atoms with van der Waals surface area (Å²) in [5.41, 5.74) is 3.15. The van der Waals surface area contributed by atoms with Crippen molar-refractivity contribution in [2.24, 2.45) is 0 Å². The molecule has 4 heteroatoms. The van der Waals surface area contributed by atoms with E-state index in [4.69, 9.17) is 0 Å². The first-order valence-electron chi connectivity index (χ1n) is 7.75. The monoisotopic (exact) mass is 295 g/mol. The minimum atomic E-state index is 0.108. The summed E-state index contributed by atoms with van der Waals surface area (Å²) < 4.78 is 0. The van der Waals surface area contributed by atoms with Crippen LogP contribution in [0.4, 0.5) is 5.69 Å². The van der Waals surface area contributed by atoms with Gasteiger partial charge >= 0.3 is 0 Å². The number of piperidine rings is 1. The summed E-state index contributed by atoms with van der Waals surface area (Å²) in [5.74, 6) is 0.108. The highest BCUT2D eigenvalue weighted by atomic mass is 16.2. The highest BCUT2D eigenvalue weighted by Crippen LogP contribution is 2.18. The number of carbonyl (C=O) groups excluding carboxylic acids is 1. The SMILES string of the molecule is Cc1ccc(NC2CCN(C(=O)c3ccncc3)CC2)cc1. The van der Waals surface area contributed by atoms with Gasteiger partial charge in [0.1, 0.15) is 0 Å². The van der Waals surface area contributed by atoms with Crippen molar-refractivity contribution in [3.63, 3.8) is 0 Å². The van der Waals surface area contributed by atoms with Gasteiger partial charge < -0.3 is 10.2 Å². The molecule has 0 saturated carbocycles. The molecule has 2 heterocycles. The maximum Gasteiger partial charge on any atom is 0.253 e. The molecular formula is C18H21N3O. The fourth-order valence-electron chi connectivity index (χ4n) is 2.79. The summed E-state index contributed by atoms with van der Waals surface area (Å²) in [4.78, 5) is 18.3. The van der Waals surface area contributed by atoms with E-state index in [2.05, 4.69) is 41.5 Å². The molecule has 22 heavy (non-hydrogen) atoms. The Labute approximate surface area is 131 Å². The highest BCUT2D eigenvalue weighted by molar-refractivity contribution is 5.94. The second kappa shape index (κ2) is 6.60. The van der Waals surface area contributed by atoms with E-state index in [-0.39, 0.29) is 5.91 Å². The van der Waals surface area contributed by atoms with E-state index in [0.717, 1.165) is 37.2 Å². The number of hydrogen-bond donors (Lipinski definition) is 1. The van der Waals surface area contributed by atoms with Crippen LogP contribution in [-0.2, 0) is 0 Å². The lowest BCUT2D eigenvalue weighted by Crippen LogP contribution is -2.42. The second-order valence-corrected chi connectivity index (χ2v) is 5.81. The predicted molar refractivity (Wildman–Crippen MR) is 88.0 cm³/mol. The first kappa shape index (κ1) is 14.6. The maximum absolute atomic E-state index is 12.4. The summed E-state index contributed by atoms with van der Waals surface area (Å²) in [7, 11) is 0. The Bertz CT molecular complexity index is 617. The normalized spacial score (nSPS) is 15.6. The molecule has 1 aromatic carbocycles. The molecule has 1 aromatic heterocycles. The summed E-state index contributed by atoms with van der Waals surface area (Å²) in [6.07, 6.45) is 5.28. The van der Waals surface area contributed by atoms with E-state index in [1.807, 2.05) is 4.90 Å². The third kappa shape index (κ3) is 3.45. The molecule has 2 aromatic rings. The Morgan fingerprint density at radius 3 is 2.36 bits per heavy atom. The number of nitrogens with zero attached hydrogens (tertiary/aromatic N) is 2. The zero-order valence-corrected chi connectivity index (χ0v) is 12.8. The average Bonchev–Trinajstić information content (AvgIpc) is 2.58. The number of aromatic nitrogens is 1. The molecule has 1 saturated heterocycles. The van der Waals surface area contributed by atoms with Gasteiger partial charge in [0.2, 0.25) is 0 Å².